The summed E-state index contributed by atoms with van der Waals surface area (Å²) in [7, 11) is 2.75. The molecule has 0 spiro atoms. The van der Waals surface area contributed by atoms with Crippen molar-refractivity contribution in [1.82, 2.24) is 15.5 Å². The van der Waals surface area contributed by atoms with Crippen LogP contribution in [0.15, 0.2) is 58.4 Å². The van der Waals surface area contributed by atoms with Gasteiger partial charge in [-0.3, -0.25) is 4.99 Å². The number of hydrogen-bond acceptors (Lipinski definition) is 4. The quantitative estimate of drug-likeness (QED) is 0.304. The van der Waals surface area contributed by atoms with Crippen molar-refractivity contribution in [3.63, 3.8) is 0 Å². The molecule has 6 nitrogen and oxygen atoms in total. The maximum atomic E-state index is 11.5. The van der Waals surface area contributed by atoms with E-state index < -0.39 is 9.84 Å². The van der Waals surface area contributed by atoms with E-state index >= 15 is 0 Å². The second-order valence-corrected chi connectivity index (χ2v) is 9.45. The zero-order valence-corrected chi connectivity index (χ0v) is 21.5. The smallest absolute Gasteiger partial charge is 0.191 e. The number of aliphatic imine (C=N–C) groups is 1. The summed E-state index contributed by atoms with van der Waals surface area (Å²) >= 11 is 0. The summed E-state index contributed by atoms with van der Waals surface area (Å²) in [5.41, 5.74) is 3.59. The highest BCUT2D eigenvalue weighted by atomic mass is 127. The summed E-state index contributed by atoms with van der Waals surface area (Å²) in [5, 5.41) is 6.72. The molecule has 0 aliphatic rings. The highest BCUT2D eigenvalue weighted by Crippen LogP contribution is 2.17. The number of aryl methyl sites for hydroxylation is 1. The number of rotatable bonds is 8. The molecule has 0 aliphatic carbocycles. The van der Waals surface area contributed by atoms with Crippen molar-refractivity contribution in [2.75, 3.05) is 40.5 Å². The second-order valence-electron chi connectivity index (χ2n) is 7.44. The number of benzene rings is 2. The van der Waals surface area contributed by atoms with E-state index in [2.05, 4.69) is 65.8 Å². The Hall–Kier alpha value is -1.65. The van der Waals surface area contributed by atoms with Gasteiger partial charge < -0.3 is 15.5 Å². The van der Waals surface area contributed by atoms with Crippen molar-refractivity contribution in [2.45, 2.75) is 24.3 Å². The van der Waals surface area contributed by atoms with Crippen molar-refractivity contribution >= 4 is 39.8 Å². The van der Waals surface area contributed by atoms with Crippen molar-refractivity contribution < 1.29 is 8.42 Å². The molecule has 0 aliphatic heterocycles. The lowest BCUT2D eigenvalue weighted by Gasteiger charge is -2.26. The first-order valence-electron chi connectivity index (χ1n) is 9.67. The fraction of sp³-hybridized carbons (Fsp3) is 0.409. The molecular formula is C22H33IN4O2S. The van der Waals surface area contributed by atoms with Crippen LogP contribution in [0, 0.1) is 6.92 Å². The van der Waals surface area contributed by atoms with E-state index in [1.165, 1.54) is 17.4 Å². The molecule has 0 amide bonds. The first-order valence-corrected chi connectivity index (χ1v) is 11.6. The summed E-state index contributed by atoms with van der Waals surface area (Å²) in [6.07, 6.45) is 2.00. The van der Waals surface area contributed by atoms with E-state index in [-0.39, 0.29) is 30.0 Å². The fourth-order valence-electron chi connectivity index (χ4n) is 3.03. The molecule has 2 rings (SSSR count). The summed E-state index contributed by atoms with van der Waals surface area (Å²) in [4.78, 5) is 6.84. The molecule has 8 heteroatoms. The molecule has 0 bridgehead atoms. The third-order valence-corrected chi connectivity index (χ3v) is 5.96. The highest BCUT2D eigenvalue weighted by Gasteiger charge is 2.14. The first-order chi connectivity index (χ1) is 13.7. The van der Waals surface area contributed by atoms with Gasteiger partial charge >= 0.3 is 0 Å². The van der Waals surface area contributed by atoms with Crippen LogP contribution in [0.2, 0.25) is 0 Å². The summed E-state index contributed by atoms with van der Waals surface area (Å²) < 4.78 is 23.1. The average molecular weight is 545 g/mol. The van der Waals surface area contributed by atoms with Gasteiger partial charge in [-0.05, 0) is 50.7 Å². The molecule has 0 saturated heterocycles. The van der Waals surface area contributed by atoms with Gasteiger partial charge in [0.2, 0.25) is 0 Å². The standard InChI is InChI=1S/C22H32N4O2S.HI/c1-17-6-10-19(11-7-17)21(26(3)4)16-25-22(23-2)24-15-14-18-8-12-20(13-9-18)29(5,27)28;/h6-13,21H,14-16H2,1-5H3,(H2,23,24,25);1H. The van der Waals surface area contributed by atoms with Crippen LogP contribution in [-0.2, 0) is 16.3 Å². The molecule has 2 aromatic rings. The molecular weight excluding hydrogens is 511 g/mol. The molecule has 0 heterocycles. The predicted octanol–water partition coefficient (Wildman–Crippen LogP) is 3.03. The molecule has 2 N–H and O–H groups in total. The van der Waals surface area contributed by atoms with Crippen LogP contribution in [0.1, 0.15) is 22.7 Å². The van der Waals surface area contributed by atoms with Crippen molar-refractivity contribution in [3.05, 3.63) is 65.2 Å². The van der Waals surface area contributed by atoms with E-state index in [0.29, 0.717) is 11.4 Å². The highest BCUT2D eigenvalue weighted by molar-refractivity contribution is 14.0. The number of nitrogens with one attached hydrogen (secondary N) is 2. The zero-order chi connectivity index (χ0) is 21.4. The molecule has 30 heavy (non-hydrogen) atoms. The molecule has 0 aromatic heterocycles. The number of likely N-dealkylation sites (N-methyl/N-ethyl adjacent to an activating group) is 1. The van der Waals surface area contributed by atoms with Crippen LogP contribution in [0.25, 0.3) is 0 Å². The average Bonchev–Trinajstić information content (AvgIpc) is 2.67. The Balaban J connectivity index is 0.00000450. The fourth-order valence-corrected chi connectivity index (χ4v) is 3.66. The van der Waals surface area contributed by atoms with E-state index in [9.17, 15) is 8.42 Å². The third kappa shape index (κ3) is 8.23. The predicted molar refractivity (Wildman–Crippen MR) is 136 cm³/mol. The largest absolute Gasteiger partial charge is 0.356 e. The lowest BCUT2D eigenvalue weighted by Crippen LogP contribution is -2.42. The van der Waals surface area contributed by atoms with Crippen LogP contribution in [-0.4, -0.2) is 59.8 Å². The Morgan fingerprint density at radius 2 is 1.63 bits per heavy atom. The summed E-state index contributed by atoms with van der Waals surface area (Å²) in [6.45, 7) is 3.53. The summed E-state index contributed by atoms with van der Waals surface area (Å²) in [6, 6.07) is 15.8. The van der Waals surface area contributed by atoms with Crippen molar-refractivity contribution in [1.29, 1.82) is 0 Å². The monoisotopic (exact) mass is 544 g/mol. The van der Waals surface area contributed by atoms with Crippen LogP contribution >= 0.6 is 24.0 Å². The van der Waals surface area contributed by atoms with Gasteiger partial charge in [0.05, 0.1) is 10.9 Å². The van der Waals surface area contributed by atoms with Crippen molar-refractivity contribution in [2.24, 2.45) is 4.99 Å². The number of hydrogen-bond donors (Lipinski definition) is 2. The Bertz CT molecular complexity index is 911. The molecule has 0 saturated carbocycles. The van der Waals surface area contributed by atoms with E-state index in [0.717, 1.165) is 24.5 Å². The van der Waals surface area contributed by atoms with E-state index in [4.69, 9.17) is 0 Å². The molecule has 2 aromatic carbocycles. The maximum Gasteiger partial charge on any atom is 0.191 e. The first kappa shape index (κ1) is 26.4. The number of halogens is 1. The van der Waals surface area contributed by atoms with Crippen molar-refractivity contribution in [3.8, 4) is 0 Å². The van der Waals surface area contributed by atoms with Gasteiger partial charge in [0.1, 0.15) is 0 Å². The van der Waals surface area contributed by atoms with Crippen LogP contribution in [0.4, 0.5) is 0 Å². The van der Waals surface area contributed by atoms with Crippen LogP contribution < -0.4 is 10.6 Å². The lowest BCUT2D eigenvalue weighted by atomic mass is 10.0. The SMILES string of the molecule is CN=C(NCCc1ccc(S(C)(=O)=O)cc1)NCC(c1ccc(C)cc1)N(C)C.I. The van der Waals surface area contributed by atoms with Gasteiger partial charge in [-0.1, -0.05) is 42.0 Å². The Morgan fingerprint density at radius 3 is 2.13 bits per heavy atom. The lowest BCUT2D eigenvalue weighted by molar-refractivity contribution is 0.298. The van der Waals surface area contributed by atoms with Gasteiger partial charge in [-0.25, -0.2) is 8.42 Å². The molecule has 0 radical (unpaired) electrons. The third-order valence-electron chi connectivity index (χ3n) is 4.83. The maximum absolute atomic E-state index is 11.5. The summed E-state index contributed by atoms with van der Waals surface area (Å²) in [5.74, 6) is 0.747. The van der Waals surface area contributed by atoms with Gasteiger partial charge in [-0.2, -0.15) is 0 Å². The molecule has 1 unspecified atom stereocenters. The van der Waals surface area contributed by atoms with E-state index in [1.54, 1.807) is 19.2 Å². The minimum absolute atomic E-state index is 0. The minimum atomic E-state index is -3.15. The molecule has 1 atom stereocenters. The molecule has 166 valence electrons. The van der Waals surface area contributed by atoms with Gasteiger partial charge in [0, 0.05) is 26.4 Å². The Labute approximate surface area is 198 Å². The second kappa shape index (κ2) is 12.3. The van der Waals surface area contributed by atoms with E-state index in [1.807, 2.05) is 12.1 Å². The van der Waals surface area contributed by atoms with Gasteiger partial charge in [-0.15, -0.1) is 24.0 Å². The molecule has 0 fully saturated rings. The normalized spacial score (nSPS) is 12.9. The number of nitrogens with zero attached hydrogens (tertiary/aromatic N) is 2. The number of sulfone groups is 1. The topological polar surface area (TPSA) is 73.8 Å². The zero-order valence-electron chi connectivity index (χ0n) is 18.3. The van der Waals surface area contributed by atoms with Crippen LogP contribution in [0.5, 0.6) is 0 Å². The number of guanidine groups is 1. The van der Waals surface area contributed by atoms with Gasteiger partial charge in [0.25, 0.3) is 0 Å². The van der Waals surface area contributed by atoms with Crippen LogP contribution in [0.3, 0.4) is 0 Å². The Kier molecular flexibility index (Phi) is 10.8. The Morgan fingerprint density at radius 1 is 1.03 bits per heavy atom. The van der Waals surface area contributed by atoms with Gasteiger partial charge in [0.15, 0.2) is 15.8 Å². The minimum Gasteiger partial charge on any atom is -0.356 e.